The Balaban J connectivity index is 1.80. The van der Waals surface area contributed by atoms with Crippen molar-refractivity contribution < 1.29 is 4.42 Å². The van der Waals surface area contributed by atoms with E-state index in [2.05, 4.69) is 17.3 Å². The lowest BCUT2D eigenvalue weighted by Crippen LogP contribution is -2.34. The van der Waals surface area contributed by atoms with E-state index in [0.29, 0.717) is 6.04 Å². The SMILES string of the molecule is CNC(CSc1ncco1)C1CCCC1. The summed E-state index contributed by atoms with van der Waals surface area (Å²) in [5.74, 6) is 1.90. The summed E-state index contributed by atoms with van der Waals surface area (Å²) in [7, 11) is 2.05. The molecule has 1 aliphatic carbocycles. The molecule has 1 aliphatic rings. The van der Waals surface area contributed by atoms with Gasteiger partial charge in [0.2, 0.25) is 0 Å². The van der Waals surface area contributed by atoms with Crippen LogP contribution in [0.3, 0.4) is 0 Å². The van der Waals surface area contributed by atoms with E-state index in [1.165, 1.54) is 25.7 Å². The first-order chi connectivity index (χ1) is 7.40. The van der Waals surface area contributed by atoms with Crippen molar-refractivity contribution in [3.8, 4) is 0 Å². The largest absolute Gasteiger partial charge is 0.440 e. The molecular weight excluding hydrogens is 208 g/mol. The molecule has 0 spiro atoms. The second-order valence-electron chi connectivity index (χ2n) is 4.05. The van der Waals surface area contributed by atoms with Crippen LogP contribution in [0, 0.1) is 5.92 Å². The molecule has 4 heteroatoms. The summed E-state index contributed by atoms with van der Waals surface area (Å²) in [5, 5.41) is 4.20. The number of oxazole rings is 1. The molecule has 1 heterocycles. The van der Waals surface area contributed by atoms with Crippen LogP contribution in [-0.4, -0.2) is 23.8 Å². The Kier molecular flexibility index (Phi) is 4.09. The van der Waals surface area contributed by atoms with Crippen LogP contribution in [0.2, 0.25) is 0 Å². The normalized spacial score (nSPS) is 19.5. The van der Waals surface area contributed by atoms with Crippen LogP contribution in [0.4, 0.5) is 0 Å². The molecule has 1 atom stereocenters. The lowest BCUT2D eigenvalue weighted by molar-refractivity contribution is 0.407. The minimum Gasteiger partial charge on any atom is -0.440 e. The molecule has 0 radical (unpaired) electrons. The zero-order chi connectivity index (χ0) is 10.5. The average Bonchev–Trinajstić information content (AvgIpc) is 2.90. The van der Waals surface area contributed by atoms with Gasteiger partial charge in [-0.05, 0) is 25.8 Å². The van der Waals surface area contributed by atoms with Gasteiger partial charge in [-0.25, -0.2) is 4.98 Å². The molecule has 1 aromatic rings. The fourth-order valence-corrected chi connectivity index (χ4v) is 3.28. The molecule has 15 heavy (non-hydrogen) atoms. The molecule has 0 saturated heterocycles. The number of nitrogens with zero attached hydrogens (tertiary/aromatic N) is 1. The first kappa shape index (κ1) is 11.0. The summed E-state index contributed by atoms with van der Waals surface area (Å²) in [6.45, 7) is 0. The molecule has 1 fully saturated rings. The van der Waals surface area contributed by atoms with Crippen LogP contribution in [0.5, 0.6) is 0 Å². The van der Waals surface area contributed by atoms with Gasteiger partial charge in [-0.3, -0.25) is 0 Å². The van der Waals surface area contributed by atoms with Crippen molar-refractivity contribution in [3.05, 3.63) is 12.5 Å². The first-order valence-electron chi connectivity index (χ1n) is 5.59. The summed E-state index contributed by atoms with van der Waals surface area (Å²) in [5.41, 5.74) is 0. The van der Waals surface area contributed by atoms with Gasteiger partial charge in [0.1, 0.15) is 6.26 Å². The third kappa shape index (κ3) is 2.98. The van der Waals surface area contributed by atoms with Crippen molar-refractivity contribution in [2.24, 2.45) is 5.92 Å². The van der Waals surface area contributed by atoms with Gasteiger partial charge < -0.3 is 9.73 Å². The number of aromatic nitrogens is 1. The van der Waals surface area contributed by atoms with Crippen molar-refractivity contribution in [1.29, 1.82) is 0 Å². The summed E-state index contributed by atoms with van der Waals surface area (Å²) in [4.78, 5) is 4.12. The fourth-order valence-electron chi connectivity index (χ4n) is 2.26. The molecule has 1 saturated carbocycles. The van der Waals surface area contributed by atoms with Crippen molar-refractivity contribution in [2.45, 2.75) is 36.9 Å². The monoisotopic (exact) mass is 226 g/mol. The minimum atomic E-state index is 0.601. The van der Waals surface area contributed by atoms with Gasteiger partial charge >= 0.3 is 0 Å². The topological polar surface area (TPSA) is 38.1 Å². The Labute approximate surface area is 95.0 Å². The lowest BCUT2D eigenvalue weighted by atomic mass is 10.0. The highest BCUT2D eigenvalue weighted by Gasteiger charge is 2.24. The number of hydrogen-bond acceptors (Lipinski definition) is 4. The Morgan fingerprint density at radius 2 is 2.40 bits per heavy atom. The van der Waals surface area contributed by atoms with E-state index in [-0.39, 0.29) is 0 Å². The highest BCUT2D eigenvalue weighted by molar-refractivity contribution is 7.99. The molecule has 3 nitrogen and oxygen atoms in total. The quantitative estimate of drug-likeness (QED) is 0.783. The fraction of sp³-hybridized carbons (Fsp3) is 0.727. The van der Waals surface area contributed by atoms with E-state index in [9.17, 15) is 0 Å². The van der Waals surface area contributed by atoms with Crippen molar-refractivity contribution in [2.75, 3.05) is 12.8 Å². The van der Waals surface area contributed by atoms with Gasteiger partial charge in [0.25, 0.3) is 5.22 Å². The highest BCUT2D eigenvalue weighted by Crippen LogP contribution is 2.30. The predicted octanol–water partition coefficient (Wildman–Crippen LogP) is 2.54. The summed E-state index contributed by atoms with van der Waals surface area (Å²) >= 11 is 1.71. The van der Waals surface area contributed by atoms with Crippen molar-refractivity contribution >= 4 is 11.8 Å². The van der Waals surface area contributed by atoms with E-state index in [1.54, 1.807) is 24.2 Å². The number of hydrogen-bond donors (Lipinski definition) is 1. The van der Waals surface area contributed by atoms with Gasteiger partial charge in [0.05, 0.1) is 6.20 Å². The molecule has 0 aromatic carbocycles. The van der Waals surface area contributed by atoms with Crippen LogP contribution in [0.25, 0.3) is 0 Å². The number of thioether (sulfide) groups is 1. The van der Waals surface area contributed by atoms with Gasteiger partial charge in [-0.1, -0.05) is 24.6 Å². The average molecular weight is 226 g/mol. The van der Waals surface area contributed by atoms with E-state index in [0.717, 1.165) is 16.9 Å². The maximum Gasteiger partial charge on any atom is 0.255 e. The molecule has 1 N–H and O–H groups in total. The summed E-state index contributed by atoms with van der Waals surface area (Å²) in [6.07, 6.45) is 8.87. The first-order valence-corrected chi connectivity index (χ1v) is 6.58. The van der Waals surface area contributed by atoms with E-state index in [4.69, 9.17) is 4.42 Å². The summed E-state index contributed by atoms with van der Waals surface area (Å²) < 4.78 is 5.22. The van der Waals surface area contributed by atoms with Crippen LogP contribution in [0.1, 0.15) is 25.7 Å². The molecule has 84 valence electrons. The Bertz CT molecular complexity index is 270. The molecule has 2 rings (SSSR count). The molecular formula is C11H18N2OS. The number of nitrogens with one attached hydrogen (secondary N) is 1. The zero-order valence-electron chi connectivity index (χ0n) is 9.11. The van der Waals surface area contributed by atoms with E-state index < -0.39 is 0 Å². The van der Waals surface area contributed by atoms with Crippen molar-refractivity contribution in [3.63, 3.8) is 0 Å². The second-order valence-corrected chi connectivity index (χ2v) is 5.02. The molecule has 1 unspecified atom stereocenters. The maximum absolute atomic E-state index is 5.22. The van der Waals surface area contributed by atoms with Crippen LogP contribution in [0.15, 0.2) is 22.1 Å². The van der Waals surface area contributed by atoms with Crippen LogP contribution >= 0.6 is 11.8 Å². The lowest BCUT2D eigenvalue weighted by Gasteiger charge is -2.21. The second kappa shape index (κ2) is 5.56. The standard InChI is InChI=1S/C11H18N2OS/c1-12-10(9-4-2-3-5-9)8-15-11-13-6-7-14-11/h6-7,9-10,12H,2-5,8H2,1H3. The molecule has 0 amide bonds. The van der Waals surface area contributed by atoms with Gasteiger partial charge in [-0.15, -0.1) is 0 Å². The van der Waals surface area contributed by atoms with Gasteiger partial charge in [0, 0.05) is 11.8 Å². The Hall–Kier alpha value is -0.480. The van der Waals surface area contributed by atoms with E-state index >= 15 is 0 Å². The molecule has 1 aromatic heterocycles. The summed E-state index contributed by atoms with van der Waals surface area (Å²) in [6, 6.07) is 0.601. The third-order valence-corrected chi connectivity index (χ3v) is 4.11. The number of rotatable bonds is 5. The zero-order valence-corrected chi connectivity index (χ0v) is 9.93. The molecule has 0 aliphatic heterocycles. The van der Waals surface area contributed by atoms with Gasteiger partial charge in [0.15, 0.2) is 0 Å². The molecule has 0 bridgehead atoms. The van der Waals surface area contributed by atoms with Crippen molar-refractivity contribution in [1.82, 2.24) is 10.3 Å². The maximum atomic E-state index is 5.22. The highest BCUT2D eigenvalue weighted by atomic mass is 32.2. The minimum absolute atomic E-state index is 0.601. The third-order valence-electron chi connectivity index (χ3n) is 3.14. The Morgan fingerprint density at radius 3 is 3.00 bits per heavy atom. The van der Waals surface area contributed by atoms with Gasteiger partial charge in [-0.2, -0.15) is 0 Å². The van der Waals surface area contributed by atoms with Crippen LogP contribution in [-0.2, 0) is 0 Å². The van der Waals surface area contributed by atoms with Crippen LogP contribution < -0.4 is 5.32 Å². The smallest absolute Gasteiger partial charge is 0.255 e. The Morgan fingerprint density at radius 1 is 1.60 bits per heavy atom. The predicted molar refractivity (Wildman–Crippen MR) is 62.0 cm³/mol. The van der Waals surface area contributed by atoms with E-state index in [1.807, 2.05) is 0 Å².